The lowest BCUT2D eigenvalue weighted by Crippen LogP contribution is -2.03. The Labute approximate surface area is 99.2 Å². The molecule has 0 bridgehead atoms. The SMILES string of the molecule is OCCCn1nc(Br)c2cnc(Cl)nc21. The molecular formula is C8H8BrClN4O. The summed E-state index contributed by atoms with van der Waals surface area (Å²) in [5.41, 5.74) is 0.676. The summed E-state index contributed by atoms with van der Waals surface area (Å²) in [5, 5.41) is 14.0. The molecule has 5 nitrogen and oxygen atoms in total. The van der Waals surface area contributed by atoms with E-state index in [4.69, 9.17) is 16.7 Å². The highest BCUT2D eigenvalue weighted by Crippen LogP contribution is 2.21. The molecule has 7 heteroatoms. The van der Waals surface area contributed by atoms with Crippen molar-refractivity contribution in [3.05, 3.63) is 16.1 Å². The van der Waals surface area contributed by atoms with Gasteiger partial charge < -0.3 is 5.11 Å². The monoisotopic (exact) mass is 290 g/mol. The van der Waals surface area contributed by atoms with Gasteiger partial charge in [-0.1, -0.05) is 0 Å². The highest BCUT2D eigenvalue weighted by Gasteiger charge is 2.10. The minimum Gasteiger partial charge on any atom is -0.396 e. The summed E-state index contributed by atoms with van der Waals surface area (Å²) in [7, 11) is 0. The number of fused-ring (bicyclic) bond motifs is 1. The number of hydrogen-bond donors (Lipinski definition) is 1. The smallest absolute Gasteiger partial charge is 0.224 e. The molecule has 15 heavy (non-hydrogen) atoms. The topological polar surface area (TPSA) is 63.8 Å². The molecule has 2 aromatic rings. The molecule has 2 aromatic heterocycles. The zero-order chi connectivity index (χ0) is 10.8. The van der Waals surface area contributed by atoms with Crippen LogP contribution in [0.3, 0.4) is 0 Å². The second-order valence-electron chi connectivity index (χ2n) is 2.97. The van der Waals surface area contributed by atoms with Gasteiger partial charge in [0.25, 0.3) is 0 Å². The third kappa shape index (κ3) is 2.11. The van der Waals surface area contributed by atoms with E-state index in [-0.39, 0.29) is 11.9 Å². The molecule has 0 aliphatic heterocycles. The highest BCUT2D eigenvalue weighted by molar-refractivity contribution is 9.10. The Hall–Kier alpha value is -0.720. The van der Waals surface area contributed by atoms with E-state index >= 15 is 0 Å². The summed E-state index contributed by atoms with van der Waals surface area (Å²) in [5.74, 6) is 0. The number of aliphatic hydroxyl groups is 1. The Morgan fingerprint density at radius 3 is 3.07 bits per heavy atom. The van der Waals surface area contributed by atoms with Gasteiger partial charge in [-0.15, -0.1) is 0 Å². The number of aliphatic hydroxyl groups excluding tert-OH is 1. The van der Waals surface area contributed by atoms with E-state index in [1.165, 1.54) is 0 Å². The molecule has 0 unspecified atom stereocenters. The van der Waals surface area contributed by atoms with E-state index in [0.29, 0.717) is 23.2 Å². The van der Waals surface area contributed by atoms with Crippen molar-refractivity contribution in [1.29, 1.82) is 0 Å². The summed E-state index contributed by atoms with van der Waals surface area (Å²) < 4.78 is 2.38. The summed E-state index contributed by atoms with van der Waals surface area (Å²) in [6.45, 7) is 0.726. The van der Waals surface area contributed by atoms with Crippen LogP contribution in [-0.4, -0.2) is 31.5 Å². The average Bonchev–Trinajstić information content (AvgIpc) is 2.52. The van der Waals surface area contributed by atoms with Gasteiger partial charge in [-0.25, -0.2) is 9.67 Å². The molecule has 0 fully saturated rings. The van der Waals surface area contributed by atoms with Crippen molar-refractivity contribution >= 4 is 38.6 Å². The zero-order valence-corrected chi connectivity index (χ0v) is 10.0. The molecular weight excluding hydrogens is 283 g/mol. The zero-order valence-electron chi connectivity index (χ0n) is 7.69. The van der Waals surface area contributed by atoms with Crippen LogP contribution in [0.1, 0.15) is 6.42 Å². The predicted molar refractivity (Wildman–Crippen MR) is 59.7 cm³/mol. The summed E-state index contributed by atoms with van der Waals surface area (Å²) in [6, 6.07) is 0. The molecule has 1 N–H and O–H groups in total. The van der Waals surface area contributed by atoms with Crippen molar-refractivity contribution in [3.8, 4) is 0 Å². The molecule has 0 aromatic carbocycles. The molecule has 2 heterocycles. The largest absolute Gasteiger partial charge is 0.396 e. The van der Waals surface area contributed by atoms with Crippen LogP contribution < -0.4 is 0 Å². The van der Waals surface area contributed by atoms with Crippen LogP contribution in [0.25, 0.3) is 11.0 Å². The lowest BCUT2D eigenvalue weighted by molar-refractivity contribution is 0.277. The molecule has 0 atom stereocenters. The Bertz CT molecular complexity index is 487. The molecule has 0 amide bonds. The summed E-state index contributed by atoms with van der Waals surface area (Å²) in [4.78, 5) is 7.98. The summed E-state index contributed by atoms with van der Waals surface area (Å²) in [6.07, 6.45) is 2.25. The van der Waals surface area contributed by atoms with E-state index in [0.717, 1.165) is 5.39 Å². The maximum atomic E-state index is 8.75. The number of rotatable bonds is 3. The molecule has 0 spiro atoms. The van der Waals surface area contributed by atoms with Crippen molar-refractivity contribution < 1.29 is 5.11 Å². The van der Waals surface area contributed by atoms with Crippen LogP contribution in [0.5, 0.6) is 0 Å². The van der Waals surface area contributed by atoms with Gasteiger partial charge in [-0.2, -0.15) is 10.1 Å². The maximum Gasteiger partial charge on any atom is 0.224 e. The van der Waals surface area contributed by atoms with Gasteiger partial charge in [0.2, 0.25) is 5.28 Å². The molecule has 0 aliphatic carbocycles. The molecule has 0 radical (unpaired) electrons. The van der Waals surface area contributed by atoms with Gasteiger partial charge in [-0.3, -0.25) is 0 Å². The van der Waals surface area contributed by atoms with Gasteiger partial charge >= 0.3 is 0 Å². The number of aryl methyl sites for hydroxylation is 1. The molecule has 2 rings (SSSR count). The van der Waals surface area contributed by atoms with Crippen molar-refractivity contribution in [3.63, 3.8) is 0 Å². The van der Waals surface area contributed by atoms with E-state index in [9.17, 15) is 0 Å². The van der Waals surface area contributed by atoms with Crippen LogP contribution in [0.4, 0.5) is 0 Å². The quantitative estimate of drug-likeness (QED) is 0.873. The van der Waals surface area contributed by atoms with E-state index in [1.807, 2.05) is 0 Å². The van der Waals surface area contributed by atoms with Crippen molar-refractivity contribution in [2.24, 2.45) is 0 Å². The fourth-order valence-corrected chi connectivity index (χ4v) is 1.88. The number of hydrogen-bond acceptors (Lipinski definition) is 4. The second-order valence-corrected chi connectivity index (χ2v) is 4.06. The predicted octanol–water partition coefficient (Wildman–Crippen LogP) is 1.62. The standard InChI is InChI=1S/C8H8BrClN4O/c9-6-5-4-11-8(10)12-7(5)14(13-6)2-1-3-15/h4,15H,1-3H2. The van der Waals surface area contributed by atoms with Crippen molar-refractivity contribution in [1.82, 2.24) is 19.7 Å². The normalized spacial score (nSPS) is 11.1. The van der Waals surface area contributed by atoms with Gasteiger partial charge in [0.05, 0.1) is 5.39 Å². The Morgan fingerprint density at radius 1 is 1.53 bits per heavy atom. The Balaban J connectivity index is 2.49. The first-order valence-corrected chi connectivity index (χ1v) is 5.55. The Morgan fingerprint density at radius 2 is 2.33 bits per heavy atom. The molecule has 0 saturated heterocycles. The van der Waals surface area contributed by atoms with Crippen molar-refractivity contribution in [2.75, 3.05) is 6.61 Å². The van der Waals surface area contributed by atoms with Crippen molar-refractivity contribution in [2.45, 2.75) is 13.0 Å². The molecule has 0 aliphatic rings. The minimum atomic E-state index is 0.123. The maximum absolute atomic E-state index is 8.75. The van der Waals surface area contributed by atoms with Crippen LogP contribution in [0, 0.1) is 0 Å². The third-order valence-electron chi connectivity index (χ3n) is 1.94. The van der Waals surface area contributed by atoms with Crippen LogP contribution in [0.15, 0.2) is 10.8 Å². The summed E-state index contributed by atoms with van der Waals surface area (Å²) >= 11 is 9.02. The van der Waals surface area contributed by atoms with E-state index in [1.54, 1.807) is 10.9 Å². The number of halogens is 2. The number of aromatic nitrogens is 4. The first-order valence-electron chi connectivity index (χ1n) is 4.38. The van der Waals surface area contributed by atoms with Gasteiger partial charge in [0.1, 0.15) is 4.60 Å². The Kier molecular flexibility index (Phi) is 3.18. The van der Waals surface area contributed by atoms with Crippen LogP contribution in [-0.2, 0) is 6.54 Å². The fraction of sp³-hybridized carbons (Fsp3) is 0.375. The first kappa shape index (κ1) is 10.8. The van der Waals surface area contributed by atoms with E-state index in [2.05, 4.69) is 31.0 Å². The van der Waals surface area contributed by atoms with Gasteiger partial charge in [0, 0.05) is 19.3 Å². The lowest BCUT2D eigenvalue weighted by atomic mass is 10.4. The highest BCUT2D eigenvalue weighted by atomic mass is 79.9. The number of nitrogens with zero attached hydrogens (tertiary/aromatic N) is 4. The van der Waals surface area contributed by atoms with Gasteiger partial charge in [0.15, 0.2) is 5.65 Å². The van der Waals surface area contributed by atoms with Crippen LogP contribution >= 0.6 is 27.5 Å². The molecule has 0 saturated carbocycles. The van der Waals surface area contributed by atoms with Gasteiger partial charge in [-0.05, 0) is 34.0 Å². The average molecular weight is 292 g/mol. The lowest BCUT2D eigenvalue weighted by Gasteiger charge is -1.99. The molecule has 80 valence electrons. The van der Waals surface area contributed by atoms with Crippen LogP contribution in [0.2, 0.25) is 5.28 Å². The second kappa shape index (κ2) is 4.42. The minimum absolute atomic E-state index is 0.123. The fourth-order valence-electron chi connectivity index (χ4n) is 1.28. The third-order valence-corrected chi connectivity index (χ3v) is 2.71. The van der Waals surface area contributed by atoms with E-state index < -0.39 is 0 Å². The first-order chi connectivity index (χ1) is 7.22.